The molecule has 72 valence electrons. The molecule has 1 heterocycles. The predicted octanol–water partition coefficient (Wildman–Crippen LogP) is 2.52. The van der Waals surface area contributed by atoms with Gasteiger partial charge in [0.25, 0.3) is 0 Å². The molecule has 2 rings (SSSR count). The van der Waals surface area contributed by atoms with Gasteiger partial charge in [-0.15, -0.1) is 0 Å². The fraction of sp³-hybridized carbons (Fsp3) is 0.417. The molecule has 0 N–H and O–H groups in total. The van der Waals surface area contributed by atoms with Crippen molar-refractivity contribution in [1.82, 2.24) is 0 Å². The number of ether oxygens (including phenoxy) is 1. The smallest absolute Gasteiger partial charge is 0.178 e. The first-order valence-corrected chi connectivity index (χ1v) is 4.87. The summed E-state index contributed by atoms with van der Waals surface area (Å²) >= 11 is 0. The summed E-state index contributed by atoms with van der Waals surface area (Å²) in [7, 11) is 0. The second-order valence-electron chi connectivity index (χ2n) is 3.74. The molecular weight excluding hydrogens is 174 g/mol. The molecule has 1 aromatic rings. The Kier molecular flexibility index (Phi) is 2.05. The number of rotatable bonds is 2. The summed E-state index contributed by atoms with van der Waals surface area (Å²) < 4.78 is 5.47. The van der Waals surface area contributed by atoms with Gasteiger partial charge in [0.2, 0.25) is 0 Å². The zero-order chi connectivity index (χ0) is 10.2. The molecule has 2 heteroatoms. The van der Waals surface area contributed by atoms with Crippen LogP contribution in [0.2, 0.25) is 0 Å². The first-order chi connectivity index (χ1) is 6.73. The van der Waals surface area contributed by atoms with Crippen molar-refractivity contribution in [1.29, 1.82) is 5.26 Å². The topological polar surface area (TPSA) is 36.3 Å². The Balaban J connectivity index is 2.32. The second kappa shape index (κ2) is 3.11. The Hall–Kier alpha value is -1.33. The van der Waals surface area contributed by atoms with E-state index < -0.39 is 0 Å². The number of aryl methyl sites for hydroxylation is 1. The summed E-state index contributed by atoms with van der Waals surface area (Å²) in [4.78, 5) is 0. The van der Waals surface area contributed by atoms with E-state index in [0.717, 1.165) is 12.0 Å². The summed E-state index contributed by atoms with van der Waals surface area (Å²) in [5.41, 5.74) is 2.04. The van der Waals surface area contributed by atoms with Crippen LogP contribution in [-0.4, -0.2) is 6.10 Å². The Labute approximate surface area is 84.1 Å². The van der Waals surface area contributed by atoms with Gasteiger partial charge in [-0.05, 0) is 18.9 Å². The molecule has 0 amide bonds. The maximum atomic E-state index is 8.81. The van der Waals surface area contributed by atoms with E-state index in [9.17, 15) is 0 Å². The third-order valence-corrected chi connectivity index (χ3v) is 2.88. The lowest BCUT2D eigenvalue weighted by Gasteiger charge is -2.09. The molecular formula is C12H13NO. The van der Waals surface area contributed by atoms with E-state index >= 15 is 0 Å². The third kappa shape index (κ3) is 1.21. The van der Waals surface area contributed by atoms with Crippen LogP contribution in [-0.2, 0) is 10.3 Å². The third-order valence-electron chi connectivity index (χ3n) is 2.88. The van der Waals surface area contributed by atoms with E-state index in [-0.39, 0.29) is 11.7 Å². The van der Waals surface area contributed by atoms with Crippen molar-refractivity contribution < 1.29 is 4.74 Å². The second-order valence-corrected chi connectivity index (χ2v) is 3.74. The van der Waals surface area contributed by atoms with Crippen LogP contribution in [0.4, 0.5) is 0 Å². The lowest BCUT2D eigenvalue weighted by molar-refractivity contribution is 0.295. The predicted molar refractivity (Wildman–Crippen MR) is 53.6 cm³/mol. The van der Waals surface area contributed by atoms with Crippen LogP contribution < -0.4 is 0 Å². The number of epoxide rings is 1. The van der Waals surface area contributed by atoms with E-state index in [0.29, 0.717) is 0 Å². The van der Waals surface area contributed by atoms with Crippen LogP contribution in [0.25, 0.3) is 0 Å². The van der Waals surface area contributed by atoms with Gasteiger partial charge in [-0.2, -0.15) is 5.26 Å². The highest BCUT2D eigenvalue weighted by atomic mass is 16.6. The van der Waals surface area contributed by atoms with E-state index in [1.807, 2.05) is 0 Å². The minimum Gasteiger partial charge on any atom is -0.345 e. The Morgan fingerprint density at radius 3 is 2.50 bits per heavy atom. The number of benzene rings is 1. The summed E-state index contributed by atoms with van der Waals surface area (Å²) in [6, 6.07) is 10.4. The van der Waals surface area contributed by atoms with Gasteiger partial charge in [0.15, 0.2) is 6.10 Å². The van der Waals surface area contributed by atoms with Gasteiger partial charge < -0.3 is 4.74 Å². The highest BCUT2D eigenvalue weighted by Crippen LogP contribution is 2.48. The van der Waals surface area contributed by atoms with Crippen LogP contribution in [0.1, 0.15) is 24.5 Å². The molecule has 2 nitrogen and oxygen atoms in total. The molecule has 0 aliphatic carbocycles. The van der Waals surface area contributed by atoms with E-state index in [1.54, 1.807) is 0 Å². The van der Waals surface area contributed by atoms with Crippen molar-refractivity contribution in [3.63, 3.8) is 0 Å². The number of nitrogens with zero attached hydrogens (tertiary/aromatic N) is 1. The van der Waals surface area contributed by atoms with Crippen molar-refractivity contribution in [2.75, 3.05) is 0 Å². The van der Waals surface area contributed by atoms with Crippen molar-refractivity contribution >= 4 is 0 Å². The molecule has 1 aliphatic heterocycles. The molecule has 0 radical (unpaired) electrons. The summed E-state index contributed by atoms with van der Waals surface area (Å²) in [5.74, 6) is 0. The number of nitriles is 1. The molecule has 0 bridgehead atoms. The zero-order valence-corrected chi connectivity index (χ0v) is 8.45. The minimum absolute atomic E-state index is 0.254. The highest BCUT2D eigenvalue weighted by molar-refractivity contribution is 5.34. The Bertz CT molecular complexity index is 376. The average molecular weight is 187 g/mol. The molecule has 1 aliphatic rings. The van der Waals surface area contributed by atoms with Gasteiger partial charge in [0.1, 0.15) is 5.60 Å². The molecule has 0 saturated carbocycles. The maximum absolute atomic E-state index is 8.81. The van der Waals surface area contributed by atoms with Gasteiger partial charge in [-0.1, -0.05) is 36.8 Å². The van der Waals surface area contributed by atoms with Crippen LogP contribution >= 0.6 is 0 Å². The van der Waals surface area contributed by atoms with Gasteiger partial charge >= 0.3 is 0 Å². The molecule has 14 heavy (non-hydrogen) atoms. The molecule has 2 atom stereocenters. The van der Waals surface area contributed by atoms with E-state index in [1.165, 1.54) is 5.56 Å². The first-order valence-electron chi connectivity index (χ1n) is 4.87. The normalized spacial score (nSPS) is 29.6. The largest absolute Gasteiger partial charge is 0.345 e. The lowest BCUT2D eigenvalue weighted by atomic mass is 9.92. The van der Waals surface area contributed by atoms with Gasteiger partial charge in [-0.25, -0.2) is 0 Å². The molecule has 1 aromatic carbocycles. The van der Waals surface area contributed by atoms with Gasteiger partial charge in [0, 0.05) is 0 Å². The number of hydrogen-bond acceptors (Lipinski definition) is 2. The Morgan fingerprint density at radius 2 is 2.07 bits per heavy atom. The standard InChI is InChI=1S/C12H13NO/c1-3-12(11(8-13)14-12)10-6-4-9(2)5-7-10/h4-7,11H,3H2,1-2H3. The molecule has 1 saturated heterocycles. The fourth-order valence-electron chi connectivity index (χ4n) is 1.83. The van der Waals surface area contributed by atoms with Crippen LogP contribution in [0, 0.1) is 18.3 Å². The van der Waals surface area contributed by atoms with Crippen LogP contribution in [0.5, 0.6) is 0 Å². The van der Waals surface area contributed by atoms with Gasteiger partial charge in [0.05, 0.1) is 6.07 Å². The summed E-state index contributed by atoms with van der Waals surface area (Å²) in [6.07, 6.45) is 0.601. The monoisotopic (exact) mass is 187 g/mol. The maximum Gasteiger partial charge on any atom is 0.178 e. The summed E-state index contributed by atoms with van der Waals surface area (Å²) in [5, 5.41) is 8.81. The van der Waals surface area contributed by atoms with Crippen LogP contribution in [0.3, 0.4) is 0 Å². The summed E-state index contributed by atoms with van der Waals surface area (Å²) in [6.45, 7) is 4.11. The molecule has 0 aromatic heterocycles. The molecule has 1 fully saturated rings. The van der Waals surface area contributed by atoms with Gasteiger partial charge in [-0.3, -0.25) is 0 Å². The molecule has 2 unspecified atom stereocenters. The van der Waals surface area contributed by atoms with Crippen molar-refractivity contribution in [2.45, 2.75) is 32.0 Å². The minimum atomic E-state index is -0.317. The SMILES string of the molecule is CCC1(c2ccc(C)cc2)OC1C#N. The van der Waals surface area contributed by atoms with Crippen molar-refractivity contribution in [3.05, 3.63) is 35.4 Å². The van der Waals surface area contributed by atoms with E-state index in [2.05, 4.69) is 44.2 Å². The average Bonchev–Trinajstić information content (AvgIpc) is 2.94. The fourth-order valence-corrected chi connectivity index (χ4v) is 1.83. The van der Waals surface area contributed by atoms with E-state index in [4.69, 9.17) is 10.00 Å². The number of hydrogen-bond donors (Lipinski definition) is 0. The zero-order valence-electron chi connectivity index (χ0n) is 8.45. The molecule has 0 spiro atoms. The van der Waals surface area contributed by atoms with Crippen LogP contribution in [0.15, 0.2) is 24.3 Å². The lowest BCUT2D eigenvalue weighted by Crippen LogP contribution is -2.10. The van der Waals surface area contributed by atoms with Crippen molar-refractivity contribution in [2.24, 2.45) is 0 Å². The van der Waals surface area contributed by atoms with Crippen molar-refractivity contribution in [3.8, 4) is 6.07 Å². The highest BCUT2D eigenvalue weighted by Gasteiger charge is 2.56. The Morgan fingerprint density at radius 1 is 1.43 bits per heavy atom. The quantitative estimate of drug-likeness (QED) is 0.667. The first kappa shape index (κ1) is 9.23.